The number of halogens is 1. The predicted octanol–water partition coefficient (Wildman–Crippen LogP) is 3.87. The number of esters is 1. The van der Waals surface area contributed by atoms with Crippen LogP contribution in [0.25, 0.3) is 11.1 Å². The summed E-state index contributed by atoms with van der Waals surface area (Å²) in [5.74, 6) is -1.39. The van der Waals surface area contributed by atoms with E-state index in [1.165, 1.54) is 48.2 Å². The first-order chi connectivity index (χ1) is 15.2. The summed E-state index contributed by atoms with van der Waals surface area (Å²) in [6.45, 7) is 5.06. The van der Waals surface area contributed by atoms with Crippen molar-refractivity contribution in [2.75, 3.05) is 26.5 Å². The SMILES string of the molecule is CC(=O)OC/C(=C(\C(=O)N(C)CC(C)(C)S)c1ccc(F)cc1)c1ccc(S(C)(=O)=O)cc1. The minimum atomic E-state index is -3.43. The molecule has 0 spiro atoms. The molecular formula is C24H28FNO5S2. The molecular weight excluding hydrogens is 465 g/mol. The normalized spacial score (nSPS) is 12.7. The first-order valence-electron chi connectivity index (χ1n) is 10.1. The van der Waals surface area contributed by atoms with Gasteiger partial charge in [-0.1, -0.05) is 24.3 Å². The summed E-state index contributed by atoms with van der Waals surface area (Å²) in [4.78, 5) is 26.8. The highest BCUT2D eigenvalue weighted by Gasteiger charge is 2.26. The molecule has 2 aromatic carbocycles. The molecule has 0 aliphatic carbocycles. The zero-order valence-electron chi connectivity index (χ0n) is 19.3. The summed E-state index contributed by atoms with van der Waals surface area (Å²) < 4.78 is 42.1. The summed E-state index contributed by atoms with van der Waals surface area (Å²) in [6.07, 6.45) is 1.10. The number of rotatable bonds is 8. The van der Waals surface area contributed by atoms with Gasteiger partial charge in [-0.25, -0.2) is 12.8 Å². The molecule has 2 aromatic rings. The Morgan fingerprint density at radius 2 is 1.55 bits per heavy atom. The average Bonchev–Trinajstić information content (AvgIpc) is 2.69. The molecule has 33 heavy (non-hydrogen) atoms. The van der Waals surface area contributed by atoms with Crippen molar-refractivity contribution in [3.8, 4) is 0 Å². The van der Waals surface area contributed by atoms with Crippen LogP contribution in [-0.2, 0) is 24.2 Å². The number of hydrogen-bond donors (Lipinski definition) is 1. The molecule has 0 fully saturated rings. The van der Waals surface area contributed by atoms with Gasteiger partial charge in [0.15, 0.2) is 9.84 Å². The zero-order chi connectivity index (χ0) is 25.0. The summed E-state index contributed by atoms with van der Waals surface area (Å²) in [5.41, 5.74) is 1.50. The van der Waals surface area contributed by atoms with Gasteiger partial charge in [0.1, 0.15) is 12.4 Å². The topological polar surface area (TPSA) is 80.8 Å². The molecule has 0 atom stereocenters. The smallest absolute Gasteiger partial charge is 0.302 e. The summed E-state index contributed by atoms with van der Waals surface area (Å²) >= 11 is 4.50. The predicted molar refractivity (Wildman–Crippen MR) is 130 cm³/mol. The van der Waals surface area contributed by atoms with Crippen molar-refractivity contribution in [1.82, 2.24) is 4.90 Å². The summed E-state index contributed by atoms with van der Waals surface area (Å²) in [6, 6.07) is 11.4. The fourth-order valence-electron chi connectivity index (χ4n) is 3.26. The first-order valence-corrected chi connectivity index (χ1v) is 12.4. The molecule has 6 nitrogen and oxygen atoms in total. The van der Waals surface area contributed by atoms with E-state index in [9.17, 15) is 22.4 Å². The molecule has 0 saturated heterocycles. The lowest BCUT2D eigenvalue weighted by molar-refractivity contribution is -0.139. The number of carbonyl (C=O) groups excluding carboxylic acids is 2. The van der Waals surface area contributed by atoms with Crippen molar-refractivity contribution < 1.29 is 27.1 Å². The standard InChI is InChI=1S/C24H28FNO5S2/c1-16(27)31-14-21(17-8-12-20(13-9-17)33(5,29)30)22(18-6-10-19(25)11-7-18)23(28)26(4)15-24(2,3)32/h6-13,32H,14-15H2,1-5H3/b22-21+. The Morgan fingerprint density at radius 3 is 2.00 bits per heavy atom. The fraction of sp³-hybridized carbons (Fsp3) is 0.333. The minimum absolute atomic E-state index is 0.113. The number of nitrogens with zero attached hydrogens (tertiary/aromatic N) is 1. The third-order valence-corrected chi connectivity index (χ3v) is 5.94. The maximum atomic E-state index is 13.6. The molecule has 0 unspecified atom stereocenters. The van der Waals surface area contributed by atoms with E-state index in [1.54, 1.807) is 19.2 Å². The Kier molecular flexibility index (Phi) is 8.48. The highest BCUT2D eigenvalue weighted by molar-refractivity contribution is 7.90. The Hall–Kier alpha value is -2.65. The van der Waals surface area contributed by atoms with Crippen LogP contribution in [0.5, 0.6) is 0 Å². The molecule has 9 heteroatoms. The van der Waals surface area contributed by atoms with Crippen LogP contribution in [-0.4, -0.2) is 56.4 Å². The molecule has 178 valence electrons. The molecule has 1 amide bonds. The van der Waals surface area contributed by atoms with Crippen molar-refractivity contribution in [2.45, 2.75) is 30.4 Å². The molecule has 0 N–H and O–H groups in total. The Labute approximate surface area is 199 Å². The molecule has 2 rings (SSSR count). The van der Waals surface area contributed by atoms with E-state index in [2.05, 4.69) is 12.6 Å². The fourth-order valence-corrected chi connectivity index (χ4v) is 4.11. The van der Waals surface area contributed by atoms with Gasteiger partial charge in [0.2, 0.25) is 0 Å². The van der Waals surface area contributed by atoms with E-state index in [-0.39, 0.29) is 23.0 Å². The molecule has 0 saturated carbocycles. The van der Waals surface area contributed by atoms with Gasteiger partial charge in [-0.05, 0) is 49.2 Å². The van der Waals surface area contributed by atoms with Crippen molar-refractivity contribution in [3.63, 3.8) is 0 Å². The molecule has 0 aliphatic rings. The van der Waals surface area contributed by atoms with Gasteiger partial charge in [-0.15, -0.1) is 0 Å². The lowest BCUT2D eigenvalue weighted by atomic mass is 9.93. The average molecular weight is 494 g/mol. The Bertz CT molecular complexity index is 1150. The number of thiol groups is 1. The minimum Gasteiger partial charge on any atom is -0.461 e. The monoisotopic (exact) mass is 493 g/mol. The molecule has 0 heterocycles. The molecule has 0 bridgehead atoms. The van der Waals surface area contributed by atoms with Crippen molar-refractivity contribution in [2.24, 2.45) is 0 Å². The van der Waals surface area contributed by atoms with E-state index < -0.39 is 26.4 Å². The maximum absolute atomic E-state index is 13.6. The van der Waals surface area contributed by atoms with E-state index in [0.29, 0.717) is 23.2 Å². The molecule has 0 aromatic heterocycles. The largest absolute Gasteiger partial charge is 0.461 e. The number of carbonyl (C=O) groups is 2. The zero-order valence-corrected chi connectivity index (χ0v) is 21.0. The second-order valence-corrected chi connectivity index (χ2v) is 11.6. The third-order valence-electron chi connectivity index (χ3n) is 4.67. The van der Waals surface area contributed by atoms with E-state index in [0.717, 1.165) is 6.26 Å². The first kappa shape index (κ1) is 26.6. The van der Waals surface area contributed by atoms with E-state index in [4.69, 9.17) is 4.74 Å². The van der Waals surface area contributed by atoms with E-state index >= 15 is 0 Å². The molecule has 0 radical (unpaired) electrons. The van der Waals surface area contributed by atoms with Gasteiger partial charge in [0, 0.05) is 37.1 Å². The second-order valence-electron chi connectivity index (χ2n) is 8.41. The van der Waals surface area contributed by atoms with Crippen LogP contribution in [0, 0.1) is 5.82 Å². The number of amides is 1. The van der Waals surface area contributed by atoms with Crippen LogP contribution in [0.15, 0.2) is 53.4 Å². The number of ether oxygens (including phenoxy) is 1. The van der Waals surface area contributed by atoms with E-state index in [1.807, 2.05) is 13.8 Å². The molecule has 0 aliphatic heterocycles. The highest BCUT2D eigenvalue weighted by atomic mass is 32.2. The number of likely N-dealkylation sites (N-methyl/N-ethyl adjacent to an activating group) is 1. The number of hydrogen-bond acceptors (Lipinski definition) is 6. The Balaban J connectivity index is 2.75. The lowest BCUT2D eigenvalue weighted by Gasteiger charge is -2.28. The maximum Gasteiger partial charge on any atom is 0.302 e. The van der Waals surface area contributed by atoms with Crippen molar-refractivity contribution >= 4 is 45.5 Å². The lowest BCUT2D eigenvalue weighted by Crippen LogP contribution is -2.37. The summed E-state index contributed by atoms with van der Waals surface area (Å²) in [7, 11) is -1.80. The quantitative estimate of drug-likeness (QED) is 0.261. The van der Waals surface area contributed by atoms with Gasteiger partial charge in [0.05, 0.1) is 10.5 Å². The number of benzene rings is 2. The highest BCUT2D eigenvalue weighted by Crippen LogP contribution is 2.30. The third kappa shape index (κ3) is 7.71. The van der Waals surface area contributed by atoms with Gasteiger partial charge < -0.3 is 9.64 Å². The summed E-state index contributed by atoms with van der Waals surface area (Å²) in [5, 5.41) is 0. The second kappa shape index (κ2) is 10.5. The van der Waals surface area contributed by atoms with Crippen LogP contribution in [0.3, 0.4) is 0 Å². The van der Waals surface area contributed by atoms with Crippen molar-refractivity contribution in [1.29, 1.82) is 0 Å². The van der Waals surface area contributed by atoms with Gasteiger partial charge in [-0.2, -0.15) is 12.6 Å². The van der Waals surface area contributed by atoms with Crippen LogP contribution in [0.4, 0.5) is 4.39 Å². The van der Waals surface area contributed by atoms with Crippen LogP contribution < -0.4 is 0 Å². The van der Waals surface area contributed by atoms with Gasteiger partial charge in [0.25, 0.3) is 5.91 Å². The van der Waals surface area contributed by atoms with Gasteiger partial charge in [-0.3, -0.25) is 9.59 Å². The van der Waals surface area contributed by atoms with Gasteiger partial charge >= 0.3 is 5.97 Å². The van der Waals surface area contributed by atoms with Crippen LogP contribution in [0.2, 0.25) is 0 Å². The van der Waals surface area contributed by atoms with Crippen LogP contribution >= 0.6 is 12.6 Å². The van der Waals surface area contributed by atoms with Crippen LogP contribution in [0.1, 0.15) is 31.9 Å². The van der Waals surface area contributed by atoms with Crippen molar-refractivity contribution in [3.05, 3.63) is 65.5 Å². The Morgan fingerprint density at radius 1 is 1.03 bits per heavy atom. The number of sulfone groups is 1.